The molecule has 3 nitrogen and oxygen atoms in total. The molecule has 0 saturated carbocycles. The third-order valence-corrected chi connectivity index (χ3v) is 3.06. The van der Waals surface area contributed by atoms with Gasteiger partial charge in [0.2, 0.25) is 0 Å². The number of carbonyl (C=O) groups excluding carboxylic acids is 1. The minimum Gasteiger partial charge on any atom is -0.490 e. The Labute approximate surface area is 108 Å². The molecule has 4 heteroatoms. The second-order valence-electron chi connectivity index (χ2n) is 4.22. The summed E-state index contributed by atoms with van der Waals surface area (Å²) in [6.45, 7) is 6.05. The van der Waals surface area contributed by atoms with Crippen LogP contribution in [0.5, 0.6) is 5.75 Å². The van der Waals surface area contributed by atoms with E-state index >= 15 is 0 Å². The number of para-hydroxylation sites is 1. The highest BCUT2D eigenvalue weighted by Crippen LogP contribution is 2.24. The number of halogens is 1. The molecule has 0 radical (unpaired) electrons. The number of nitrogens with zero attached hydrogens (tertiary/aromatic N) is 1. The molecular weight excluding hydrogens is 233 g/mol. The molecule has 1 aromatic carbocycles. The fourth-order valence-corrected chi connectivity index (χ4v) is 1.63. The average Bonchev–Trinajstić information content (AvgIpc) is 2.38. The lowest BCUT2D eigenvalue weighted by Gasteiger charge is -2.24. The van der Waals surface area contributed by atoms with Gasteiger partial charge in [-0.25, -0.2) is 4.39 Å². The van der Waals surface area contributed by atoms with Crippen molar-refractivity contribution in [2.45, 2.75) is 33.2 Å². The molecular formula is C14H20FNO2. The Morgan fingerprint density at radius 3 is 2.67 bits per heavy atom. The summed E-state index contributed by atoms with van der Waals surface area (Å²) < 4.78 is 18.9. The molecule has 0 saturated heterocycles. The maximum atomic E-state index is 13.6. The van der Waals surface area contributed by atoms with Gasteiger partial charge < -0.3 is 9.64 Å². The molecule has 100 valence electrons. The molecule has 0 fully saturated rings. The van der Waals surface area contributed by atoms with E-state index < -0.39 is 5.82 Å². The summed E-state index contributed by atoms with van der Waals surface area (Å²) in [5, 5.41) is 0. The zero-order chi connectivity index (χ0) is 13.7. The van der Waals surface area contributed by atoms with E-state index in [1.54, 1.807) is 24.9 Å². The van der Waals surface area contributed by atoms with Crippen molar-refractivity contribution in [3.05, 3.63) is 29.6 Å². The van der Waals surface area contributed by atoms with Crippen LogP contribution in [0.3, 0.4) is 0 Å². The summed E-state index contributed by atoms with van der Waals surface area (Å²) in [6.07, 6.45) is 0.849. The van der Waals surface area contributed by atoms with Gasteiger partial charge >= 0.3 is 0 Å². The van der Waals surface area contributed by atoms with Crippen LogP contribution in [0.15, 0.2) is 18.2 Å². The molecule has 0 N–H and O–H groups in total. The van der Waals surface area contributed by atoms with Gasteiger partial charge in [0.15, 0.2) is 11.6 Å². The maximum absolute atomic E-state index is 13.6. The number of ether oxygens (including phenoxy) is 1. The van der Waals surface area contributed by atoms with Crippen LogP contribution in [-0.4, -0.2) is 30.5 Å². The average molecular weight is 253 g/mol. The third-order valence-electron chi connectivity index (χ3n) is 3.06. The van der Waals surface area contributed by atoms with Gasteiger partial charge in [0.05, 0.1) is 12.2 Å². The van der Waals surface area contributed by atoms with Gasteiger partial charge in [-0.05, 0) is 32.4 Å². The van der Waals surface area contributed by atoms with Crippen molar-refractivity contribution in [3.63, 3.8) is 0 Å². The quantitative estimate of drug-likeness (QED) is 0.807. The van der Waals surface area contributed by atoms with E-state index in [1.807, 2.05) is 13.8 Å². The van der Waals surface area contributed by atoms with Crippen molar-refractivity contribution >= 4 is 5.91 Å². The molecule has 1 amide bonds. The van der Waals surface area contributed by atoms with Crippen molar-refractivity contribution in [1.29, 1.82) is 0 Å². The van der Waals surface area contributed by atoms with Gasteiger partial charge in [0, 0.05) is 13.1 Å². The second kappa shape index (κ2) is 6.38. The van der Waals surface area contributed by atoms with Crippen LogP contribution in [0.1, 0.15) is 37.6 Å². The van der Waals surface area contributed by atoms with E-state index in [4.69, 9.17) is 4.74 Å². The van der Waals surface area contributed by atoms with Crippen LogP contribution in [-0.2, 0) is 0 Å². The predicted molar refractivity (Wildman–Crippen MR) is 69.4 cm³/mol. The Balaban J connectivity index is 3.08. The van der Waals surface area contributed by atoms with Crippen LogP contribution in [0, 0.1) is 5.82 Å². The van der Waals surface area contributed by atoms with E-state index in [9.17, 15) is 9.18 Å². The highest BCUT2D eigenvalue weighted by atomic mass is 19.1. The Kier molecular flexibility index (Phi) is 5.13. The first-order chi connectivity index (χ1) is 8.52. The molecule has 0 bridgehead atoms. The van der Waals surface area contributed by atoms with E-state index in [0.717, 1.165) is 6.42 Å². The number of hydrogen-bond acceptors (Lipinski definition) is 2. The van der Waals surface area contributed by atoms with Gasteiger partial charge in [-0.2, -0.15) is 0 Å². The molecule has 0 unspecified atom stereocenters. The van der Waals surface area contributed by atoms with Crippen LogP contribution in [0.4, 0.5) is 4.39 Å². The fraction of sp³-hybridized carbons (Fsp3) is 0.500. The molecule has 0 aliphatic heterocycles. The van der Waals surface area contributed by atoms with Crippen molar-refractivity contribution in [3.8, 4) is 5.75 Å². The number of benzene rings is 1. The molecule has 0 heterocycles. The van der Waals surface area contributed by atoms with Crippen LogP contribution in [0.2, 0.25) is 0 Å². The number of hydrogen-bond donors (Lipinski definition) is 0. The highest BCUT2D eigenvalue weighted by molar-refractivity contribution is 5.97. The van der Waals surface area contributed by atoms with Crippen molar-refractivity contribution in [1.82, 2.24) is 4.90 Å². The Hall–Kier alpha value is -1.58. The summed E-state index contributed by atoms with van der Waals surface area (Å²) in [6, 6.07) is 4.52. The number of amides is 1. The first-order valence-corrected chi connectivity index (χ1v) is 6.21. The lowest BCUT2D eigenvalue weighted by atomic mass is 10.1. The van der Waals surface area contributed by atoms with E-state index in [0.29, 0.717) is 6.61 Å². The number of rotatable bonds is 5. The topological polar surface area (TPSA) is 29.5 Å². The number of carbonyl (C=O) groups is 1. The monoisotopic (exact) mass is 253 g/mol. The molecule has 1 atom stereocenters. The summed E-state index contributed by atoms with van der Waals surface area (Å²) >= 11 is 0. The largest absolute Gasteiger partial charge is 0.490 e. The van der Waals surface area contributed by atoms with Crippen molar-refractivity contribution in [2.75, 3.05) is 13.7 Å². The van der Waals surface area contributed by atoms with Gasteiger partial charge in [-0.3, -0.25) is 4.79 Å². The summed E-state index contributed by atoms with van der Waals surface area (Å²) in [5.41, 5.74) is 0.277. The SMILES string of the molecule is CCOc1c(F)cccc1C(=O)N(C)[C@H](C)CC. The smallest absolute Gasteiger partial charge is 0.257 e. The van der Waals surface area contributed by atoms with Crippen LogP contribution in [0.25, 0.3) is 0 Å². The summed E-state index contributed by atoms with van der Waals surface area (Å²) in [4.78, 5) is 13.9. The molecule has 0 aliphatic rings. The zero-order valence-electron chi connectivity index (χ0n) is 11.4. The van der Waals surface area contributed by atoms with Crippen LogP contribution >= 0.6 is 0 Å². The minimum absolute atomic E-state index is 0.0418. The van der Waals surface area contributed by atoms with Gasteiger partial charge in [-0.1, -0.05) is 13.0 Å². The van der Waals surface area contributed by atoms with E-state index in [1.165, 1.54) is 12.1 Å². The van der Waals surface area contributed by atoms with Gasteiger partial charge in [-0.15, -0.1) is 0 Å². The first-order valence-electron chi connectivity index (χ1n) is 6.21. The summed E-state index contributed by atoms with van der Waals surface area (Å²) in [5.74, 6) is -0.673. The maximum Gasteiger partial charge on any atom is 0.257 e. The standard InChI is InChI=1S/C14H20FNO2/c1-5-10(3)16(4)14(17)11-8-7-9-12(15)13(11)18-6-2/h7-10H,5-6H2,1-4H3/t10-/m1/s1. The molecule has 0 aliphatic carbocycles. The normalized spacial score (nSPS) is 12.1. The van der Waals surface area contributed by atoms with E-state index in [2.05, 4.69) is 0 Å². The van der Waals surface area contributed by atoms with E-state index in [-0.39, 0.29) is 23.3 Å². The molecule has 0 aromatic heterocycles. The van der Waals surface area contributed by atoms with Gasteiger partial charge in [0.25, 0.3) is 5.91 Å². The third kappa shape index (κ3) is 3.00. The molecule has 1 rings (SSSR count). The minimum atomic E-state index is -0.500. The summed E-state index contributed by atoms with van der Waals surface area (Å²) in [7, 11) is 1.72. The Bertz CT molecular complexity index is 420. The lowest BCUT2D eigenvalue weighted by Crippen LogP contribution is -2.34. The predicted octanol–water partition coefficient (Wildman–Crippen LogP) is 3.09. The second-order valence-corrected chi connectivity index (χ2v) is 4.22. The Morgan fingerprint density at radius 1 is 1.44 bits per heavy atom. The van der Waals surface area contributed by atoms with Crippen molar-refractivity contribution in [2.24, 2.45) is 0 Å². The fourth-order valence-electron chi connectivity index (χ4n) is 1.63. The van der Waals surface area contributed by atoms with Gasteiger partial charge in [0.1, 0.15) is 0 Å². The molecule has 0 spiro atoms. The van der Waals surface area contributed by atoms with Crippen LogP contribution < -0.4 is 4.74 Å². The first kappa shape index (κ1) is 14.5. The highest BCUT2D eigenvalue weighted by Gasteiger charge is 2.21. The zero-order valence-corrected chi connectivity index (χ0v) is 11.4. The Morgan fingerprint density at radius 2 is 2.11 bits per heavy atom. The molecule has 1 aromatic rings. The van der Waals surface area contributed by atoms with Crippen molar-refractivity contribution < 1.29 is 13.9 Å². The lowest BCUT2D eigenvalue weighted by molar-refractivity contribution is 0.0735. The molecule has 18 heavy (non-hydrogen) atoms.